The van der Waals surface area contributed by atoms with Gasteiger partial charge in [-0.2, -0.15) is 10.5 Å². The Bertz CT molecular complexity index is 4090. The van der Waals surface area contributed by atoms with Crippen LogP contribution < -0.4 is 30.1 Å². The third-order valence-corrected chi connectivity index (χ3v) is 26.1. The molecule has 0 aliphatic heterocycles. The fraction of sp³-hybridized carbons (Fsp3) is 0.613. The number of aliphatic hydroxyl groups is 1. The lowest BCUT2D eigenvalue weighted by Gasteiger charge is -2.56. The number of ether oxygens (including phenoxy) is 3. The molecule has 100 heavy (non-hydrogen) atoms. The van der Waals surface area contributed by atoms with Crippen LogP contribution in [0.15, 0.2) is 57.6 Å². The number of hydrogen-bond acceptors (Lipinski definition) is 15. The number of aromatic nitrogens is 2. The number of nitriles is 2. The first kappa shape index (κ1) is 72.4. The van der Waals surface area contributed by atoms with Crippen LogP contribution in [-0.2, 0) is 14.8 Å². The van der Waals surface area contributed by atoms with Crippen molar-refractivity contribution < 1.29 is 60.0 Å². The van der Waals surface area contributed by atoms with Crippen molar-refractivity contribution in [3.05, 3.63) is 97.2 Å². The van der Waals surface area contributed by atoms with Crippen molar-refractivity contribution in [2.75, 3.05) is 43.1 Å². The molecule has 6 aromatic rings. The Hall–Kier alpha value is -5.91. The van der Waals surface area contributed by atoms with Crippen molar-refractivity contribution in [3.63, 3.8) is 0 Å². The maximum absolute atomic E-state index is 13.8. The normalized spacial score (nSPS) is 32.6. The number of aliphatic hydroxyl groups excluding tert-OH is 1. The van der Waals surface area contributed by atoms with Crippen LogP contribution >= 0.6 is 46.4 Å². The van der Waals surface area contributed by atoms with Crippen LogP contribution in [0.1, 0.15) is 172 Å². The fourth-order valence-corrected chi connectivity index (χ4v) is 23.6. The van der Waals surface area contributed by atoms with Crippen LogP contribution in [0.5, 0.6) is 17.2 Å². The minimum Gasteiger partial charge on any atom is -0.491 e. The van der Waals surface area contributed by atoms with Gasteiger partial charge >= 0.3 is 0 Å². The molecular weight excluding hydrogens is 1390 g/mol. The molecule has 0 spiro atoms. The van der Waals surface area contributed by atoms with E-state index in [0.717, 1.165) is 95.3 Å². The molecule has 22 rings (SSSR count). The van der Waals surface area contributed by atoms with E-state index >= 15 is 0 Å². The number of nitrogen functional groups attached to an aromatic ring is 1. The molecule has 16 bridgehead atoms. The van der Waals surface area contributed by atoms with E-state index in [9.17, 15) is 31.5 Å². The number of hydroxylamine groups is 1. The summed E-state index contributed by atoms with van der Waals surface area (Å²) in [7, 11) is -3.44. The summed E-state index contributed by atoms with van der Waals surface area (Å²) in [6.07, 6.45) is 33.8. The molecule has 25 heteroatoms. The predicted octanol–water partition coefficient (Wildman–Crippen LogP) is 18.2. The molecule has 16 aliphatic rings. The number of anilines is 2. The van der Waals surface area contributed by atoms with Gasteiger partial charge in [-0.05, 0) is 255 Å². The van der Waals surface area contributed by atoms with E-state index in [4.69, 9.17) is 91.1 Å². The van der Waals surface area contributed by atoms with Crippen LogP contribution in [0.2, 0.25) is 20.1 Å². The number of amides is 1. The number of nitrogens with one attached hydrogen (secondary N) is 2. The molecule has 17 nitrogen and oxygen atoms in total. The topological polar surface area (TPSA) is 269 Å². The zero-order chi connectivity index (χ0) is 70.6. The first-order chi connectivity index (χ1) is 47.7. The van der Waals surface area contributed by atoms with Gasteiger partial charge in [0.2, 0.25) is 15.9 Å². The molecule has 16 saturated carbocycles. The van der Waals surface area contributed by atoms with Gasteiger partial charge in [0.1, 0.15) is 46.8 Å². The summed E-state index contributed by atoms with van der Waals surface area (Å²) in [6.45, 7) is 3.77. The second-order valence-corrected chi connectivity index (χ2v) is 36.0. The number of fused-ring (bicyclic) bond motifs is 2. The summed E-state index contributed by atoms with van der Waals surface area (Å²) in [4.78, 5) is 9.45. The van der Waals surface area contributed by atoms with Gasteiger partial charge in [-0.1, -0.05) is 56.7 Å². The smallest absolute Gasteiger partial charge is 0.240 e. The second-order valence-electron chi connectivity index (χ2n) is 32.6. The first-order valence-electron chi connectivity index (χ1n) is 35.4. The van der Waals surface area contributed by atoms with Crippen LogP contribution in [0, 0.1) is 133 Å². The minimum absolute atomic E-state index is 0.0350. The lowest BCUT2D eigenvalue weighted by Crippen LogP contribution is -2.48. The monoisotopic (exact) mass is 1480 g/mol. The Morgan fingerprint density at radius 2 is 0.840 bits per heavy atom. The van der Waals surface area contributed by atoms with E-state index in [1.807, 2.05) is 6.07 Å². The van der Waals surface area contributed by atoms with Gasteiger partial charge in [-0.15, -0.1) is 0 Å². The van der Waals surface area contributed by atoms with Crippen LogP contribution in [0.3, 0.4) is 0 Å². The molecule has 0 saturated heterocycles. The fourth-order valence-electron chi connectivity index (χ4n) is 22.3. The van der Waals surface area contributed by atoms with Gasteiger partial charge in [-0.3, -0.25) is 14.7 Å². The summed E-state index contributed by atoms with van der Waals surface area (Å²) in [6, 6.07) is 14.4. The van der Waals surface area contributed by atoms with Gasteiger partial charge in [0, 0.05) is 54.0 Å². The van der Waals surface area contributed by atoms with E-state index in [0.29, 0.717) is 91.4 Å². The number of carbonyl (C=O) groups excluding carboxylic acids is 1. The molecule has 6 N–H and O–H groups in total. The number of sulfonamides is 1. The van der Waals surface area contributed by atoms with Gasteiger partial charge < -0.3 is 34.1 Å². The highest BCUT2D eigenvalue weighted by Gasteiger charge is 2.55. The van der Waals surface area contributed by atoms with Gasteiger partial charge in [0.25, 0.3) is 0 Å². The molecule has 16 fully saturated rings. The molecule has 0 radical (unpaired) electrons. The Balaban J connectivity index is 0.000000114. The second kappa shape index (κ2) is 29.3. The highest BCUT2D eigenvalue weighted by atomic mass is 35.5. The Morgan fingerprint density at radius 1 is 0.530 bits per heavy atom. The van der Waals surface area contributed by atoms with E-state index in [2.05, 4.69) is 15.0 Å². The lowest BCUT2D eigenvalue weighted by molar-refractivity contribution is -0.126. The summed E-state index contributed by atoms with van der Waals surface area (Å²) in [5.74, 6) is 10.3. The maximum atomic E-state index is 13.8. The number of hydrogen-bond donors (Lipinski definition) is 5. The molecular formula is C75H88Cl4F3N7O10S. The van der Waals surface area contributed by atoms with Crippen molar-refractivity contribution in [3.8, 4) is 29.4 Å². The third kappa shape index (κ3) is 16.4. The minimum atomic E-state index is -3.44. The summed E-state index contributed by atoms with van der Waals surface area (Å²) in [5.41, 5.74) is 9.27. The van der Waals surface area contributed by atoms with Crippen molar-refractivity contribution >= 4 is 95.9 Å². The predicted molar refractivity (Wildman–Crippen MR) is 375 cm³/mol. The van der Waals surface area contributed by atoms with Crippen molar-refractivity contribution in [1.82, 2.24) is 15.8 Å². The van der Waals surface area contributed by atoms with Gasteiger partial charge in [0.15, 0.2) is 22.8 Å². The number of nitrogens with zero attached hydrogens (tertiary/aromatic N) is 4. The summed E-state index contributed by atoms with van der Waals surface area (Å²) < 4.78 is 92.7. The first-order valence-corrected chi connectivity index (χ1v) is 38.8. The number of benzene rings is 4. The average Bonchev–Trinajstić information content (AvgIpc) is 0.811. The summed E-state index contributed by atoms with van der Waals surface area (Å²) in [5, 5.41) is 44.0. The molecule has 538 valence electrons. The molecule has 2 aromatic heterocycles. The highest BCUT2D eigenvalue weighted by Crippen LogP contribution is 2.64. The SMILES string of the molecule is CC(=O)NO.CS(=O)(=O)Nc1noc2cc(OCC34CC5CC(CC(C5)C3)C4)c(Cl)cc12.N#Cc1cc(Cl)c(F)cc1F.N#Cc1cc(Cl)c(OCC23CC4CC(CC(C4)C2)C3)cc1F.Nc1noc2cc(OCC34CC5CC(CC(C5)C3)C4)c(Cl)cc12.OCC12CC3CC(CC(C3)C1)C2. The van der Waals surface area contributed by atoms with Crippen LogP contribution in [0.4, 0.5) is 24.8 Å². The van der Waals surface area contributed by atoms with E-state index < -0.39 is 33.4 Å². The largest absolute Gasteiger partial charge is 0.491 e. The zero-order valence-electron chi connectivity index (χ0n) is 56.4. The Morgan fingerprint density at radius 3 is 1.19 bits per heavy atom. The Labute approximate surface area is 601 Å². The van der Waals surface area contributed by atoms with Crippen LogP contribution in [-0.4, -0.2) is 67.6 Å². The average molecular weight is 1480 g/mol. The maximum Gasteiger partial charge on any atom is 0.240 e. The molecule has 1 amide bonds. The number of halogens is 7. The van der Waals surface area contributed by atoms with Gasteiger partial charge in [-0.25, -0.2) is 27.1 Å². The molecule has 2 heterocycles. The van der Waals surface area contributed by atoms with Crippen LogP contribution in [0.25, 0.3) is 21.9 Å². The van der Waals surface area contributed by atoms with E-state index in [1.54, 1.807) is 24.3 Å². The molecule has 0 atom stereocenters. The zero-order valence-corrected chi connectivity index (χ0v) is 60.3. The van der Waals surface area contributed by atoms with Gasteiger partial charge in [0.05, 0.1) is 68.1 Å². The quantitative estimate of drug-likeness (QED) is 0.0433. The highest BCUT2D eigenvalue weighted by molar-refractivity contribution is 7.92. The molecule has 16 aliphatic carbocycles. The number of rotatable bonds is 12. The van der Waals surface area contributed by atoms with Crippen molar-refractivity contribution in [2.45, 2.75) is 161 Å². The summed E-state index contributed by atoms with van der Waals surface area (Å²) >= 11 is 24.2. The Kier molecular flexibility index (Phi) is 21.2. The number of nitrogens with two attached hydrogens (primary N) is 1. The van der Waals surface area contributed by atoms with Crippen molar-refractivity contribution in [2.24, 2.45) is 92.7 Å². The number of carbonyl (C=O) groups is 1. The third-order valence-electron chi connectivity index (χ3n) is 24.4. The standard InChI is InChI=1S/C19H23ClN2O4S.C18H19ClFNO.C18H21ClN2O2.C11H18O.C7H2ClF2N.C2H5NO2/c1-27(23,24)22-18-14-5-15(20)17(6-16(14)26-21-18)25-10-19-7-11-2-12(8-19)4-13(3-11)9-19;19-15-4-14(9-21)16(20)5-17(15)22-10-18-6-11-1-12(7-18)3-13(2-11)8-18;19-14-4-13-15(23-21-17(13)20)5-16(14)22-9-18-6-10-1-11(7-18)3-12(2-10)8-18;12-7-11-4-8-1-9(5-11)3-10(2-8)6-11;8-5-1-4(3-11)6(9)2-7(5)10;1-2(4)3-5/h5-6,11-13H,2-4,7-10H2,1H3,(H,21,22);4-5,11-13H,1-3,6-8,10H2;4-5,10-12H,1-3,6-9H2,(H2,20,21);8-10,12H,1-7H2;1-2H;5H,1H3,(H,3,4). The molecule has 4 aromatic carbocycles. The van der Waals surface area contributed by atoms with E-state index in [1.165, 1.54) is 185 Å². The lowest BCUT2D eigenvalue weighted by atomic mass is 9.50. The van der Waals surface area contributed by atoms with E-state index in [-0.39, 0.29) is 32.8 Å². The van der Waals surface area contributed by atoms with Crippen molar-refractivity contribution in [1.29, 1.82) is 10.5 Å². The molecule has 0 unspecified atom stereocenters.